The van der Waals surface area contributed by atoms with Crippen LogP contribution >= 0.6 is 11.8 Å². The fraction of sp³-hybridized carbons (Fsp3) is 0.333. The molecular weight excluding hydrogens is 436 g/mol. The van der Waals surface area contributed by atoms with Crippen LogP contribution in [-0.4, -0.2) is 53.2 Å². The molecule has 172 valence electrons. The summed E-state index contributed by atoms with van der Waals surface area (Å²) >= 11 is 0.849. The lowest BCUT2D eigenvalue weighted by atomic mass is 9.97. The summed E-state index contributed by atoms with van der Waals surface area (Å²) in [6.07, 6.45) is 8.07. The Morgan fingerprint density at radius 3 is 2.91 bits per heavy atom. The summed E-state index contributed by atoms with van der Waals surface area (Å²) in [5.74, 6) is 1.27. The molecule has 2 aromatic heterocycles. The number of hydrogen-bond donors (Lipinski definition) is 3. The van der Waals surface area contributed by atoms with Crippen molar-refractivity contribution in [3.8, 4) is 0 Å². The highest BCUT2D eigenvalue weighted by Crippen LogP contribution is 2.22. The smallest absolute Gasteiger partial charge is 0.283 e. The van der Waals surface area contributed by atoms with Gasteiger partial charge in [0.1, 0.15) is 0 Å². The minimum absolute atomic E-state index is 0.289. The van der Waals surface area contributed by atoms with E-state index in [1.165, 1.54) is 23.5 Å². The number of aldehydes is 1. The molecule has 1 aliphatic rings. The van der Waals surface area contributed by atoms with Crippen molar-refractivity contribution in [1.82, 2.24) is 25.6 Å². The molecule has 9 heteroatoms. The number of hydrogen-bond acceptors (Lipinski definition) is 7. The second kappa shape index (κ2) is 11.1. The molecule has 1 saturated heterocycles. The summed E-state index contributed by atoms with van der Waals surface area (Å²) in [6.45, 7) is 3.64. The number of H-pyrrole nitrogens is 1. The minimum atomic E-state index is -0.289. The number of fused-ring (bicyclic) bond motifs is 1. The van der Waals surface area contributed by atoms with Crippen molar-refractivity contribution in [3.63, 3.8) is 0 Å². The van der Waals surface area contributed by atoms with Gasteiger partial charge in [-0.2, -0.15) is 0 Å². The van der Waals surface area contributed by atoms with Gasteiger partial charge in [-0.1, -0.05) is 6.07 Å². The second-order valence-electron chi connectivity index (χ2n) is 8.05. The Morgan fingerprint density at radius 2 is 2.12 bits per heavy atom. The van der Waals surface area contributed by atoms with Crippen molar-refractivity contribution in [2.24, 2.45) is 5.92 Å². The lowest BCUT2D eigenvalue weighted by molar-refractivity contribution is -0.104. The summed E-state index contributed by atoms with van der Waals surface area (Å²) in [4.78, 5) is 37.5. The van der Waals surface area contributed by atoms with Crippen LogP contribution < -0.4 is 15.5 Å². The van der Waals surface area contributed by atoms with Gasteiger partial charge in [0.2, 0.25) is 5.95 Å². The summed E-state index contributed by atoms with van der Waals surface area (Å²) < 4.78 is 0. The zero-order valence-electron chi connectivity index (χ0n) is 18.6. The van der Waals surface area contributed by atoms with Crippen LogP contribution in [0, 0.1) is 5.92 Å². The number of amides is 1. The maximum absolute atomic E-state index is 11.5. The molecule has 0 unspecified atom stereocenters. The molecule has 1 amide bonds. The summed E-state index contributed by atoms with van der Waals surface area (Å²) in [7, 11) is 1.53. The summed E-state index contributed by atoms with van der Waals surface area (Å²) in [5.41, 5.74) is 3.07. The van der Waals surface area contributed by atoms with Gasteiger partial charge in [0, 0.05) is 44.6 Å². The topological polar surface area (TPSA) is 103 Å². The van der Waals surface area contributed by atoms with Crippen LogP contribution in [0.1, 0.15) is 24.1 Å². The van der Waals surface area contributed by atoms with Gasteiger partial charge in [-0.25, -0.2) is 9.97 Å². The van der Waals surface area contributed by atoms with E-state index in [-0.39, 0.29) is 5.24 Å². The van der Waals surface area contributed by atoms with Gasteiger partial charge in [-0.15, -0.1) is 0 Å². The van der Waals surface area contributed by atoms with E-state index in [4.69, 9.17) is 0 Å². The van der Waals surface area contributed by atoms with Crippen molar-refractivity contribution >= 4 is 46.2 Å². The van der Waals surface area contributed by atoms with Gasteiger partial charge in [0.15, 0.2) is 6.29 Å². The molecule has 0 aliphatic carbocycles. The molecule has 3 aromatic rings. The van der Waals surface area contributed by atoms with Gasteiger partial charge in [-0.05, 0) is 78.4 Å². The number of aromatic amines is 1. The molecule has 1 fully saturated rings. The quantitative estimate of drug-likeness (QED) is 0.346. The first-order valence-corrected chi connectivity index (χ1v) is 11.9. The Labute approximate surface area is 197 Å². The lowest BCUT2D eigenvalue weighted by Crippen LogP contribution is -2.38. The number of piperidine rings is 1. The first-order valence-electron chi connectivity index (χ1n) is 11.1. The van der Waals surface area contributed by atoms with E-state index in [2.05, 4.69) is 54.8 Å². The van der Waals surface area contributed by atoms with E-state index in [9.17, 15) is 9.59 Å². The maximum atomic E-state index is 11.5. The summed E-state index contributed by atoms with van der Waals surface area (Å²) in [6, 6.07) is 10.4. The number of thioether (sulfide) groups is 1. The molecule has 33 heavy (non-hydrogen) atoms. The van der Waals surface area contributed by atoms with Gasteiger partial charge < -0.3 is 20.5 Å². The Kier molecular flexibility index (Phi) is 7.74. The zero-order chi connectivity index (χ0) is 23.0. The van der Waals surface area contributed by atoms with E-state index < -0.39 is 0 Å². The number of nitrogens with one attached hydrogen (secondary N) is 3. The van der Waals surface area contributed by atoms with Crippen LogP contribution in [-0.2, 0) is 11.3 Å². The van der Waals surface area contributed by atoms with Crippen LogP contribution in [0.15, 0.2) is 47.6 Å². The Balaban J connectivity index is 1.27. The fourth-order valence-corrected chi connectivity index (χ4v) is 4.50. The average molecular weight is 465 g/mol. The van der Waals surface area contributed by atoms with Crippen molar-refractivity contribution in [3.05, 3.63) is 58.9 Å². The number of aromatic nitrogens is 3. The highest BCUT2D eigenvalue weighted by Gasteiger charge is 2.21. The number of anilines is 1. The highest BCUT2D eigenvalue weighted by molar-refractivity contribution is 8.17. The van der Waals surface area contributed by atoms with E-state index in [1.54, 1.807) is 18.3 Å². The van der Waals surface area contributed by atoms with Gasteiger partial charge >= 0.3 is 0 Å². The second-order valence-corrected chi connectivity index (χ2v) is 9.09. The monoisotopic (exact) mass is 464 g/mol. The lowest BCUT2D eigenvalue weighted by Gasteiger charge is -2.32. The first kappa shape index (κ1) is 23.0. The van der Waals surface area contributed by atoms with E-state index in [0.717, 1.165) is 50.8 Å². The number of allylic oxidation sites excluding steroid dienone is 1. The molecule has 0 bridgehead atoms. The number of rotatable bonds is 8. The van der Waals surface area contributed by atoms with Crippen LogP contribution in [0.5, 0.6) is 0 Å². The highest BCUT2D eigenvalue weighted by atomic mass is 32.2. The van der Waals surface area contributed by atoms with Crippen LogP contribution in [0.25, 0.3) is 17.0 Å². The summed E-state index contributed by atoms with van der Waals surface area (Å²) in [5, 5.41) is 7.05. The molecule has 8 nitrogen and oxygen atoms in total. The number of nitrogens with zero attached hydrogens (tertiary/aromatic N) is 3. The van der Waals surface area contributed by atoms with Gasteiger partial charge in [-0.3, -0.25) is 9.59 Å². The normalized spacial score (nSPS) is 15.1. The van der Waals surface area contributed by atoms with E-state index >= 15 is 0 Å². The van der Waals surface area contributed by atoms with Crippen LogP contribution in [0.3, 0.4) is 0 Å². The minimum Gasteiger partial charge on any atom is -0.361 e. The largest absolute Gasteiger partial charge is 0.361 e. The molecule has 3 N–H and O–H groups in total. The molecule has 4 rings (SSSR count). The van der Waals surface area contributed by atoms with Crippen molar-refractivity contribution in [2.45, 2.75) is 19.4 Å². The zero-order valence-corrected chi connectivity index (χ0v) is 19.4. The van der Waals surface area contributed by atoms with Crippen molar-refractivity contribution < 1.29 is 9.59 Å². The van der Waals surface area contributed by atoms with Gasteiger partial charge in [0.05, 0.1) is 10.6 Å². The van der Waals surface area contributed by atoms with Crippen LogP contribution in [0.2, 0.25) is 0 Å². The molecule has 0 radical (unpaired) electrons. The fourth-order valence-electron chi connectivity index (χ4n) is 3.96. The van der Waals surface area contributed by atoms with E-state index in [1.807, 2.05) is 6.20 Å². The van der Waals surface area contributed by atoms with Crippen molar-refractivity contribution in [1.29, 1.82) is 0 Å². The number of carbonyl (C=O) groups excluding carboxylic acids is 2. The molecule has 0 spiro atoms. The molecule has 3 heterocycles. The predicted octanol–water partition coefficient (Wildman–Crippen LogP) is 3.58. The van der Waals surface area contributed by atoms with Crippen molar-refractivity contribution in [2.75, 3.05) is 31.6 Å². The first-order chi connectivity index (χ1) is 16.1. The molecule has 0 saturated carbocycles. The maximum Gasteiger partial charge on any atom is 0.283 e. The molecule has 1 aromatic carbocycles. The predicted molar refractivity (Wildman–Crippen MR) is 133 cm³/mol. The average Bonchev–Trinajstić information content (AvgIpc) is 3.32. The molecular formula is C24H28N6O2S. The third-order valence-electron chi connectivity index (χ3n) is 5.76. The standard InChI is InChI=1S/C24H28N6O2S/c1-25-24(32)33-21(16-31)13-20-5-9-28-23(29-20)30-10-6-17(7-11-30)14-26-15-18-2-3-22-19(12-18)4-8-27-22/h2-5,8-9,12-13,16-17,26-27H,6-7,10-11,14-15H2,1H3,(H,25,32)/b21-13-. The number of carbonyl (C=O) groups is 2. The number of benzene rings is 1. The Bertz CT molecular complexity index is 1140. The SMILES string of the molecule is CNC(=O)S/C(C=O)=C\c1ccnc(N2CCC(CNCc3ccc4[nH]ccc4c3)CC2)n1. The van der Waals surface area contributed by atoms with Gasteiger partial charge in [0.25, 0.3) is 5.24 Å². The Morgan fingerprint density at radius 1 is 1.27 bits per heavy atom. The van der Waals surface area contributed by atoms with E-state index in [0.29, 0.717) is 28.8 Å². The third-order valence-corrected chi connectivity index (χ3v) is 6.60. The third kappa shape index (κ3) is 6.21. The molecule has 1 aliphatic heterocycles. The van der Waals surface area contributed by atoms with Crippen LogP contribution in [0.4, 0.5) is 10.7 Å². The Hall–Kier alpha value is -3.17. The molecule has 0 atom stereocenters.